The molecule has 196 valence electrons. The lowest BCUT2D eigenvalue weighted by Gasteiger charge is -2.35. The van der Waals surface area contributed by atoms with Gasteiger partial charge in [-0.05, 0) is 70.4 Å². The monoisotopic (exact) mass is 543 g/mol. The molecule has 4 aromatic rings. The van der Waals surface area contributed by atoms with Crippen LogP contribution in [0.4, 0.5) is 16.2 Å². The fraction of sp³-hybridized carbons (Fsp3) is 0.111. The molecule has 1 aliphatic rings. The summed E-state index contributed by atoms with van der Waals surface area (Å²) in [7, 11) is 0. The molecule has 1 atom stereocenters. The first-order valence-corrected chi connectivity index (χ1v) is 12.3. The first-order chi connectivity index (χ1) is 18.9. The van der Waals surface area contributed by atoms with Crippen LogP contribution in [0.15, 0.2) is 79.1 Å². The number of benzene rings is 3. The van der Waals surface area contributed by atoms with Crippen LogP contribution < -0.4 is 10.6 Å². The van der Waals surface area contributed by atoms with E-state index in [0.717, 1.165) is 11.1 Å². The van der Waals surface area contributed by atoms with Crippen LogP contribution in [-0.4, -0.2) is 54.7 Å². The van der Waals surface area contributed by atoms with Gasteiger partial charge in [-0.2, -0.15) is 4.68 Å². The Morgan fingerprint density at radius 2 is 1.79 bits per heavy atom. The molecule has 0 radical (unpaired) electrons. The van der Waals surface area contributed by atoms with Crippen molar-refractivity contribution in [3.63, 3.8) is 0 Å². The number of hydrogen-bond donors (Lipinski definition) is 3. The summed E-state index contributed by atoms with van der Waals surface area (Å²) in [6.45, 7) is 0.328. The number of aromatic nitrogens is 4. The molecular weight excluding hydrogens is 522 g/mol. The number of nitrogens with one attached hydrogen (secondary N) is 2. The van der Waals surface area contributed by atoms with Crippen LogP contribution in [0.3, 0.4) is 0 Å². The molecule has 0 bridgehead atoms. The summed E-state index contributed by atoms with van der Waals surface area (Å²) in [6, 6.07) is 18.1. The lowest BCUT2D eigenvalue weighted by molar-refractivity contribution is -0.135. The molecule has 0 spiro atoms. The molecule has 2 heterocycles. The highest BCUT2D eigenvalue weighted by Crippen LogP contribution is 2.32. The van der Waals surface area contributed by atoms with E-state index in [2.05, 4.69) is 26.2 Å². The van der Waals surface area contributed by atoms with Gasteiger partial charge in [0, 0.05) is 34.6 Å². The van der Waals surface area contributed by atoms with Gasteiger partial charge in [-0.1, -0.05) is 41.9 Å². The van der Waals surface area contributed by atoms with Crippen molar-refractivity contribution in [1.82, 2.24) is 25.1 Å². The van der Waals surface area contributed by atoms with Gasteiger partial charge in [0.05, 0.1) is 5.69 Å². The molecule has 39 heavy (non-hydrogen) atoms. The molecule has 3 amide bonds. The highest BCUT2D eigenvalue weighted by Gasteiger charge is 2.35. The largest absolute Gasteiger partial charge is 0.465 e. The van der Waals surface area contributed by atoms with Crippen molar-refractivity contribution in [3.8, 4) is 5.69 Å². The minimum absolute atomic E-state index is 0.306. The van der Waals surface area contributed by atoms with Crippen LogP contribution in [0.1, 0.15) is 22.7 Å². The fourth-order valence-electron chi connectivity index (χ4n) is 4.49. The van der Waals surface area contributed by atoms with Gasteiger partial charge in [0.15, 0.2) is 0 Å². The van der Waals surface area contributed by atoms with Gasteiger partial charge in [-0.3, -0.25) is 14.9 Å². The van der Waals surface area contributed by atoms with Crippen LogP contribution in [0.5, 0.6) is 0 Å². The molecule has 0 fully saturated rings. The number of anilines is 2. The molecule has 11 nitrogen and oxygen atoms in total. The van der Waals surface area contributed by atoms with Crippen molar-refractivity contribution in [2.24, 2.45) is 0 Å². The van der Waals surface area contributed by atoms with Gasteiger partial charge >= 0.3 is 6.09 Å². The highest BCUT2D eigenvalue weighted by molar-refractivity contribution is 6.30. The Morgan fingerprint density at radius 3 is 2.56 bits per heavy atom. The van der Waals surface area contributed by atoms with Gasteiger partial charge < -0.3 is 15.3 Å². The number of hydrogen-bond acceptors (Lipinski definition) is 6. The summed E-state index contributed by atoms with van der Waals surface area (Å²) in [5.41, 5.74) is 3.64. The Hall–Kier alpha value is -5.03. The summed E-state index contributed by atoms with van der Waals surface area (Å²) in [5.74, 6) is -0.790. The number of carboxylic acid groups (broad SMARTS) is 1. The number of carbonyl (C=O) groups is 3. The number of nitrogens with zero attached hydrogens (tertiary/aromatic N) is 5. The minimum Gasteiger partial charge on any atom is -0.465 e. The molecular formula is C27H22ClN7O4. The van der Waals surface area contributed by atoms with Crippen molar-refractivity contribution in [1.29, 1.82) is 0 Å². The van der Waals surface area contributed by atoms with Gasteiger partial charge in [-0.15, -0.1) is 5.10 Å². The van der Waals surface area contributed by atoms with Crippen LogP contribution in [0.2, 0.25) is 5.02 Å². The predicted octanol–water partition coefficient (Wildman–Crippen LogP) is 4.18. The molecule has 1 aliphatic heterocycles. The van der Waals surface area contributed by atoms with Crippen LogP contribution in [-0.2, 0) is 16.0 Å². The summed E-state index contributed by atoms with van der Waals surface area (Å²) in [6.07, 6.45) is 3.81. The van der Waals surface area contributed by atoms with E-state index in [-0.39, 0.29) is 5.91 Å². The molecule has 0 saturated carbocycles. The zero-order valence-corrected chi connectivity index (χ0v) is 21.1. The number of fused-ring (bicyclic) bond motifs is 1. The average Bonchev–Trinajstić information content (AvgIpc) is 3.45. The number of carbonyl (C=O) groups excluding carboxylic acids is 2. The Balaban J connectivity index is 1.43. The average molecular weight is 544 g/mol. The second-order valence-corrected chi connectivity index (χ2v) is 9.11. The predicted molar refractivity (Wildman–Crippen MR) is 145 cm³/mol. The molecule has 5 rings (SSSR count). The maximum Gasteiger partial charge on any atom is 0.409 e. The van der Waals surface area contributed by atoms with Gasteiger partial charge in [-0.25, -0.2) is 4.79 Å². The molecule has 1 unspecified atom stereocenters. The number of amides is 3. The normalized spacial score (nSPS) is 14.6. The Bertz CT molecular complexity index is 1570. The summed E-state index contributed by atoms with van der Waals surface area (Å²) in [4.78, 5) is 39.6. The van der Waals surface area contributed by atoms with Gasteiger partial charge in [0.2, 0.25) is 5.91 Å². The molecule has 12 heteroatoms. The Morgan fingerprint density at radius 1 is 1.00 bits per heavy atom. The zero-order chi connectivity index (χ0) is 27.4. The second kappa shape index (κ2) is 11.2. The second-order valence-electron chi connectivity index (χ2n) is 8.67. The van der Waals surface area contributed by atoms with E-state index in [1.54, 1.807) is 42.5 Å². The van der Waals surface area contributed by atoms with Crippen molar-refractivity contribution in [3.05, 3.63) is 101 Å². The SMILES string of the molecule is O=C(O)Nc1cccc(NC(=O)C2c3ccccc3CCN2C(=O)C=Cc2cc(Cl)ccc2-n2cnnn2)c1. The quantitative estimate of drug-likeness (QED) is 0.309. The van der Waals surface area contributed by atoms with Gasteiger partial charge in [0.1, 0.15) is 12.4 Å². The number of tetrazole rings is 1. The molecule has 1 aromatic heterocycles. The van der Waals surface area contributed by atoms with Crippen molar-refractivity contribution < 1.29 is 19.5 Å². The van der Waals surface area contributed by atoms with E-state index in [4.69, 9.17) is 16.7 Å². The van der Waals surface area contributed by atoms with Crippen molar-refractivity contribution in [2.45, 2.75) is 12.5 Å². The standard InChI is InChI=1S/C27H22ClN7O4/c28-19-9-10-23(35-16-29-32-33-35)18(14-19)8-11-24(36)34-13-12-17-4-1-2-7-22(17)25(34)26(37)30-20-5-3-6-21(15-20)31-27(38)39/h1-11,14-16,25,31H,12-13H2,(H,30,37)(H,38,39). The molecule has 3 aromatic carbocycles. The van der Waals surface area contributed by atoms with E-state index >= 15 is 0 Å². The Kier molecular flexibility index (Phi) is 7.32. The molecule has 3 N–H and O–H groups in total. The van der Waals surface area contributed by atoms with E-state index in [1.807, 2.05) is 24.3 Å². The molecule has 0 aliphatic carbocycles. The van der Waals surface area contributed by atoms with E-state index < -0.39 is 18.0 Å². The summed E-state index contributed by atoms with van der Waals surface area (Å²) < 4.78 is 1.46. The first-order valence-electron chi connectivity index (χ1n) is 11.9. The summed E-state index contributed by atoms with van der Waals surface area (Å²) in [5, 5.41) is 25.8. The topological polar surface area (TPSA) is 142 Å². The smallest absolute Gasteiger partial charge is 0.409 e. The summed E-state index contributed by atoms with van der Waals surface area (Å²) >= 11 is 6.20. The fourth-order valence-corrected chi connectivity index (χ4v) is 4.67. The Labute approximate surface area is 227 Å². The van der Waals surface area contributed by atoms with Gasteiger partial charge in [0.25, 0.3) is 5.91 Å². The van der Waals surface area contributed by atoms with E-state index in [0.29, 0.717) is 40.6 Å². The van der Waals surface area contributed by atoms with Crippen LogP contribution in [0, 0.1) is 0 Å². The third kappa shape index (κ3) is 5.78. The highest BCUT2D eigenvalue weighted by atomic mass is 35.5. The lowest BCUT2D eigenvalue weighted by atomic mass is 9.91. The maximum absolute atomic E-state index is 13.6. The third-order valence-corrected chi connectivity index (χ3v) is 6.42. The maximum atomic E-state index is 13.6. The zero-order valence-electron chi connectivity index (χ0n) is 20.4. The van der Waals surface area contributed by atoms with Crippen molar-refractivity contribution >= 4 is 47.0 Å². The van der Waals surface area contributed by atoms with Crippen LogP contribution in [0.25, 0.3) is 11.8 Å². The minimum atomic E-state index is -1.22. The van der Waals surface area contributed by atoms with E-state index in [9.17, 15) is 14.4 Å². The first kappa shape index (κ1) is 25.6. The number of rotatable bonds is 6. The lowest BCUT2D eigenvalue weighted by Crippen LogP contribution is -2.44. The third-order valence-electron chi connectivity index (χ3n) is 6.19. The van der Waals surface area contributed by atoms with E-state index in [1.165, 1.54) is 28.1 Å². The molecule has 0 saturated heterocycles. The number of halogens is 1. The van der Waals surface area contributed by atoms with Crippen LogP contribution >= 0.6 is 11.6 Å². The van der Waals surface area contributed by atoms with Crippen molar-refractivity contribution in [2.75, 3.05) is 17.2 Å².